The predicted octanol–water partition coefficient (Wildman–Crippen LogP) is 5.07. The minimum Gasteiger partial charge on any atom is -0.494 e. The molecule has 4 rings (SSSR count). The second-order valence-corrected chi connectivity index (χ2v) is 8.29. The van der Waals surface area contributed by atoms with E-state index in [0.29, 0.717) is 22.9 Å². The third kappa shape index (κ3) is 4.54. The molecule has 3 aromatic rings. The zero-order chi connectivity index (χ0) is 20.9. The Balaban J connectivity index is 1.52. The quantitative estimate of drug-likeness (QED) is 0.561. The molecule has 154 valence electrons. The van der Waals surface area contributed by atoms with Gasteiger partial charge in [0.15, 0.2) is 0 Å². The van der Waals surface area contributed by atoms with E-state index in [-0.39, 0.29) is 18.2 Å². The Morgan fingerprint density at radius 3 is 2.50 bits per heavy atom. The molecule has 0 atom stereocenters. The Kier molecular flexibility index (Phi) is 6.14. The van der Waals surface area contributed by atoms with E-state index in [1.54, 1.807) is 0 Å². The third-order valence-corrected chi connectivity index (χ3v) is 6.24. The zero-order valence-corrected chi connectivity index (χ0v) is 17.7. The number of anilines is 2. The monoisotopic (exact) mass is 420 g/mol. The maximum atomic E-state index is 13.1. The van der Waals surface area contributed by atoms with Gasteiger partial charge in [0, 0.05) is 10.6 Å². The lowest BCUT2D eigenvalue weighted by Crippen LogP contribution is -2.19. The van der Waals surface area contributed by atoms with Gasteiger partial charge in [-0.3, -0.25) is 9.59 Å². The van der Waals surface area contributed by atoms with Crippen LogP contribution in [0, 0.1) is 0 Å². The third-order valence-electron chi connectivity index (χ3n) is 5.03. The topological polar surface area (TPSA) is 67.4 Å². The van der Waals surface area contributed by atoms with Crippen LogP contribution in [0.2, 0.25) is 0 Å². The van der Waals surface area contributed by atoms with Gasteiger partial charge >= 0.3 is 0 Å². The summed E-state index contributed by atoms with van der Waals surface area (Å²) in [6.45, 7) is 2.53. The van der Waals surface area contributed by atoms with Crippen LogP contribution in [0.15, 0.2) is 54.6 Å². The van der Waals surface area contributed by atoms with Crippen molar-refractivity contribution in [1.82, 2.24) is 0 Å². The molecule has 0 bridgehead atoms. The number of nitrogens with one attached hydrogen (secondary N) is 2. The molecule has 0 spiro atoms. The van der Waals surface area contributed by atoms with E-state index in [2.05, 4.69) is 10.6 Å². The number of carbonyl (C=O) groups is 2. The van der Waals surface area contributed by atoms with E-state index in [0.717, 1.165) is 36.1 Å². The van der Waals surface area contributed by atoms with Crippen molar-refractivity contribution >= 4 is 33.8 Å². The van der Waals surface area contributed by atoms with Crippen LogP contribution in [-0.4, -0.2) is 18.4 Å². The van der Waals surface area contributed by atoms with E-state index >= 15 is 0 Å². The first-order chi connectivity index (χ1) is 14.6. The van der Waals surface area contributed by atoms with Crippen molar-refractivity contribution in [3.8, 4) is 5.75 Å². The summed E-state index contributed by atoms with van der Waals surface area (Å²) in [5, 5.41) is 6.59. The van der Waals surface area contributed by atoms with Gasteiger partial charge < -0.3 is 15.4 Å². The van der Waals surface area contributed by atoms with Gasteiger partial charge in [-0.2, -0.15) is 0 Å². The fourth-order valence-corrected chi connectivity index (χ4v) is 4.98. The first kappa shape index (κ1) is 20.2. The SMILES string of the molecule is CCOc1ccc(NC(=O)c2c(NC(=O)Cc3ccccc3)sc3c2CCC3)cc1. The second kappa shape index (κ2) is 9.13. The zero-order valence-electron chi connectivity index (χ0n) is 16.9. The van der Waals surface area contributed by atoms with Crippen LogP contribution in [0.1, 0.15) is 39.7 Å². The molecule has 2 amide bonds. The van der Waals surface area contributed by atoms with E-state index in [9.17, 15) is 9.59 Å². The van der Waals surface area contributed by atoms with Crippen molar-refractivity contribution in [2.75, 3.05) is 17.2 Å². The van der Waals surface area contributed by atoms with Gasteiger partial charge in [-0.1, -0.05) is 30.3 Å². The Labute approximate surface area is 180 Å². The van der Waals surface area contributed by atoms with Crippen molar-refractivity contribution < 1.29 is 14.3 Å². The summed E-state index contributed by atoms with van der Waals surface area (Å²) in [6, 6.07) is 16.9. The number of benzene rings is 2. The first-order valence-corrected chi connectivity index (χ1v) is 11.0. The average Bonchev–Trinajstić information content (AvgIpc) is 3.31. The molecule has 2 N–H and O–H groups in total. The van der Waals surface area contributed by atoms with Gasteiger partial charge in [-0.05, 0) is 61.6 Å². The highest BCUT2D eigenvalue weighted by Crippen LogP contribution is 2.39. The van der Waals surface area contributed by atoms with Crippen LogP contribution in [0.5, 0.6) is 5.75 Å². The van der Waals surface area contributed by atoms with E-state index in [1.165, 1.54) is 16.2 Å². The molecule has 0 radical (unpaired) electrons. The lowest BCUT2D eigenvalue weighted by Gasteiger charge is -2.10. The molecule has 1 aliphatic carbocycles. The molecule has 0 aliphatic heterocycles. The molecule has 0 fully saturated rings. The first-order valence-electron chi connectivity index (χ1n) is 10.2. The number of fused-ring (bicyclic) bond motifs is 1. The van der Waals surface area contributed by atoms with Gasteiger partial charge in [0.1, 0.15) is 10.8 Å². The largest absolute Gasteiger partial charge is 0.494 e. The van der Waals surface area contributed by atoms with Gasteiger partial charge in [0.2, 0.25) is 5.91 Å². The summed E-state index contributed by atoms with van der Waals surface area (Å²) in [7, 11) is 0. The van der Waals surface area contributed by atoms with Crippen LogP contribution in [0.25, 0.3) is 0 Å². The highest BCUT2D eigenvalue weighted by atomic mass is 32.1. The molecule has 5 nitrogen and oxygen atoms in total. The molecule has 1 aromatic heterocycles. The van der Waals surface area contributed by atoms with Crippen molar-refractivity contribution in [3.63, 3.8) is 0 Å². The number of ether oxygens (including phenoxy) is 1. The summed E-state index contributed by atoms with van der Waals surface area (Å²) in [5.74, 6) is 0.464. The summed E-state index contributed by atoms with van der Waals surface area (Å²) in [6.07, 6.45) is 3.15. The highest BCUT2D eigenvalue weighted by Gasteiger charge is 2.27. The molecule has 0 saturated heterocycles. The van der Waals surface area contributed by atoms with Gasteiger partial charge in [0.25, 0.3) is 5.91 Å². The normalized spacial score (nSPS) is 12.3. The Bertz CT molecular complexity index is 1040. The van der Waals surface area contributed by atoms with Crippen LogP contribution in [-0.2, 0) is 24.1 Å². The predicted molar refractivity (Wildman–Crippen MR) is 121 cm³/mol. The molecule has 1 heterocycles. The lowest BCUT2D eigenvalue weighted by molar-refractivity contribution is -0.115. The molecule has 2 aromatic carbocycles. The van der Waals surface area contributed by atoms with Gasteiger partial charge in [-0.25, -0.2) is 0 Å². The molecule has 30 heavy (non-hydrogen) atoms. The van der Waals surface area contributed by atoms with E-state index < -0.39 is 0 Å². The highest BCUT2D eigenvalue weighted by molar-refractivity contribution is 7.17. The minimum atomic E-state index is -0.187. The number of hydrogen-bond donors (Lipinski definition) is 2. The molecule has 0 unspecified atom stereocenters. The van der Waals surface area contributed by atoms with Crippen molar-refractivity contribution in [2.24, 2.45) is 0 Å². The van der Waals surface area contributed by atoms with E-state index in [1.807, 2.05) is 61.5 Å². The van der Waals surface area contributed by atoms with Crippen LogP contribution in [0.3, 0.4) is 0 Å². The number of thiophene rings is 1. The maximum Gasteiger partial charge on any atom is 0.258 e. The summed E-state index contributed by atoms with van der Waals surface area (Å²) >= 11 is 1.52. The number of rotatable bonds is 7. The number of aryl methyl sites for hydroxylation is 1. The molecule has 0 saturated carbocycles. The van der Waals surface area contributed by atoms with Crippen LogP contribution >= 0.6 is 11.3 Å². The number of carbonyl (C=O) groups excluding carboxylic acids is 2. The van der Waals surface area contributed by atoms with Crippen molar-refractivity contribution in [2.45, 2.75) is 32.6 Å². The Morgan fingerprint density at radius 1 is 1.00 bits per heavy atom. The Morgan fingerprint density at radius 2 is 1.77 bits per heavy atom. The second-order valence-electron chi connectivity index (χ2n) is 7.18. The Hall–Kier alpha value is -3.12. The number of hydrogen-bond acceptors (Lipinski definition) is 4. The molecule has 1 aliphatic rings. The summed E-state index contributed by atoms with van der Waals surface area (Å²) in [4.78, 5) is 26.9. The minimum absolute atomic E-state index is 0.115. The van der Waals surface area contributed by atoms with Crippen LogP contribution < -0.4 is 15.4 Å². The standard InChI is InChI=1S/C24H24N2O3S/c1-2-29-18-13-11-17(12-14-18)25-23(28)22-19-9-6-10-20(19)30-24(22)26-21(27)15-16-7-4-3-5-8-16/h3-5,7-8,11-14H,2,6,9-10,15H2,1H3,(H,25,28)(H,26,27). The molecular formula is C24H24N2O3S. The van der Waals surface area contributed by atoms with E-state index in [4.69, 9.17) is 4.74 Å². The summed E-state index contributed by atoms with van der Waals surface area (Å²) < 4.78 is 5.45. The average molecular weight is 421 g/mol. The fraction of sp³-hybridized carbons (Fsp3) is 0.250. The summed E-state index contributed by atoms with van der Waals surface area (Å²) in [5.41, 5.74) is 3.31. The van der Waals surface area contributed by atoms with Crippen molar-refractivity contribution in [1.29, 1.82) is 0 Å². The van der Waals surface area contributed by atoms with Crippen LogP contribution in [0.4, 0.5) is 10.7 Å². The fourth-order valence-electron chi connectivity index (χ4n) is 3.68. The number of amides is 2. The van der Waals surface area contributed by atoms with Gasteiger partial charge in [0.05, 0.1) is 18.6 Å². The van der Waals surface area contributed by atoms with Crippen molar-refractivity contribution in [3.05, 3.63) is 76.2 Å². The lowest BCUT2D eigenvalue weighted by atomic mass is 10.1. The van der Waals surface area contributed by atoms with Gasteiger partial charge in [-0.15, -0.1) is 11.3 Å². The maximum absolute atomic E-state index is 13.1. The smallest absolute Gasteiger partial charge is 0.258 e. The molecular weight excluding hydrogens is 396 g/mol. The molecule has 6 heteroatoms.